The molecule has 134 valence electrons. The first-order valence-corrected chi connectivity index (χ1v) is 8.62. The third kappa shape index (κ3) is 4.04. The van der Waals surface area contributed by atoms with Crippen molar-refractivity contribution in [3.05, 3.63) is 27.4 Å². The van der Waals surface area contributed by atoms with Crippen LogP contribution in [0.25, 0.3) is 0 Å². The van der Waals surface area contributed by atoms with Crippen molar-refractivity contribution in [3.8, 4) is 0 Å². The Morgan fingerprint density at radius 3 is 2.62 bits per heavy atom. The number of amides is 1. The molecule has 1 heterocycles. The summed E-state index contributed by atoms with van der Waals surface area (Å²) < 4.78 is 5.88. The largest absolute Gasteiger partial charge is 0.375 e. The molecule has 0 aromatic carbocycles. The van der Waals surface area contributed by atoms with Crippen LogP contribution in [0, 0.1) is 19.3 Å². The van der Waals surface area contributed by atoms with E-state index < -0.39 is 0 Å². The number of carbonyl (C=O) groups excluding carboxylic acids is 1. The second-order valence-electron chi connectivity index (χ2n) is 7.57. The van der Waals surface area contributed by atoms with E-state index in [1.165, 1.54) is 0 Å². The smallest absolute Gasteiger partial charge is 0.254 e. The first-order valence-electron chi connectivity index (χ1n) is 8.62. The van der Waals surface area contributed by atoms with Gasteiger partial charge in [-0.1, -0.05) is 13.8 Å². The molecule has 1 fully saturated rings. The predicted molar refractivity (Wildman–Crippen MR) is 93.0 cm³/mol. The van der Waals surface area contributed by atoms with Crippen LogP contribution in [0.15, 0.2) is 4.79 Å². The van der Waals surface area contributed by atoms with Crippen LogP contribution in [-0.2, 0) is 16.0 Å². The molecule has 2 N–H and O–H groups in total. The number of H-pyrrole nitrogens is 1. The van der Waals surface area contributed by atoms with Gasteiger partial charge in [0.15, 0.2) is 0 Å². The van der Waals surface area contributed by atoms with Crippen molar-refractivity contribution in [2.45, 2.75) is 79.1 Å². The molecule has 2 rings (SSSR count). The van der Waals surface area contributed by atoms with Gasteiger partial charge in [-0.2, -0.15) is 0 Å². The lowest BCUT2D eigenvalue weighted by atomic mass is 9.64. The van der Waals surface area contributed by atoms with Crippen molar-refractivity contribution in [2.75, 3.05) is 0 Å². The summed E-state index contributed by atoms with van der Waals surface area (Å²) in [6.45, 7) is 11.8. The topological polar surface area (TPSA) is 84.1 Å². The molecule has 1 aliphatic carbocycles. The lowest BCUT2D eigenvalue weighted by Gasteiger charge is -2.52. The Morgan fingerprint density at radius 2 is 2.08 bits per heavy atom. The molecule has 2 atom stereocenters. The normalized spacial score (nSPS) is 22.3. The molecule has 1 aromatic heterocycles. The van der Waals surface area contributed by atoms with Crippen molar-refractivity contribution in [1.29, 1.82) is 0 Å². The Morgan fingerprint density at radius 1 is 1.42 bits per heavy atom. The van der Waals surface area contributed by atoms with Crippen LogP contribution in [-0.4, -0.2) is 34.1 Å². The van der Waals surface area contributed by atoms with Gasteiger partial charge >= 0.3 is 0 Å². The Labute approximate surface area is 143 Å². The van der Waals surface area contributed by atoms with Crippen LogP contribution in [0.2, 0.25) is 0 Å². The fraction of sp³-hybridized carbons (Fsp3) is 0.722. The number of hydrogen-bond donors (Lipinski definition) is 2. The molecule has 6 nitrogen and oxygen atoms in total. The lowest BCUT2D eigenvalue weighted by Crippen LogP contribution is -2.62. The Balaban J connectivity index is 1.88. The molecular formula is C18H29N3O3. The summed E-state index contributed by atoms with van der Waals surface area (Å²) in [6.07, 6.45) is 1.89. The number of aromatic amines is 1. The van der Waals surface area contributed by atoms with Crippen LogP contribution in [0.1, 0.15) is 57.6 Å². The van der Waals surface area contributed by atoms with Gasteiger partial charge in [-0.25, -0.2) is 4.98 Å². The number of nitrogens with one attached hydrogen (secondary N) is 2. The Kier molecular flexibility index (Phi) is 5.48. The molecule has 0 radical (unpaired) electrons. The third-order valence-corrected chi connectivity index (χ3v) is 4.89. The highest BCUT2D eigenvalue weighted by Crippen LogP contribution is 2.43. The van der Waals surface area contributed by atoms with Gasteiger partial charge in [0.2, 0.25) is 5.91 Å². The van der Waals surface area contributed by atoms with Gasteiger partial charge in [0.25, 0.3) is 5.56 Å². The molecule has 0 aliphatic heterocycles. The number of nitrogens with zero attached hydrogens (tertiary/aromatic N) is 1. The summed E-state index contributed by atoms with van der Waals surface area (Å²) in [4.78, 5) is 31.2. The van der Waals surface area contributed by atoms with E-state index in [2.05, 4.69) is 29.1 Å². The van der Waals surface area contributed by atoms with Crippen molar-refractivity contribution >= 4 is 5.91 Å². The van der Waals surface area contributed by atoms with E-state index in [0.717, 1.165) is 6.42 Å². The van der Waals surface area contributed by atoms with Crippen molar-refractivity contribution in [2.24, 2.45) is 5.41 Å². The van der Waals surface area contributed by atoms with Crippen LogP contribution < -0.4 is 10.9 Å². The van der Waals surface area contributed by atoms with Crippen LogP contribution in [0.4, 0.5) is 0 Å². The van der Waals surface area contributed by atoms with Gasteiger partial charge in [-0.3, -0.25) is 9.59 Å². The van der Waals surface area contributed by atoms with Gasteiger partial charge in [-0.15, -0.1) is 0 Å². The molecular weight excluding hydrogens is 306 g/mol. The molecule has 24 heavy (non-hydrogen) atoms. The number of ether oxygens (including phenoxy) is 1. The van der Waals surface area contributed by atoms with E-state index in [4.69, 9.17) is 4.74 Å². The SMILES string of the molecule is Cc1nc(C)c(CCC(=O)N[C@@H]2C[C@@H](OC(C)C)C2(C)C)c(=O)[nH]1. The predicted octanol–water partition coefficient (Wildman–Crippen LogP) is 2.03. The number of hydrogen-bond acceptors (Lipinski definition) is 4. The molecule has 0 bridgehead atoms. The van der Waals surface area contributed by atoms with Crippen molar-refractivity contribution in [3.63, 3.8) is 0 Å². The summed E-state index contributed by atoms with van der Waals surface area (Å²) >= 11 is 0. The maximum absolute atomic E-state index is 12.2. The molecule has 1 amide bonds. The van der Waals surface area contributed by atoms with Gasteiger partial charge in [0.1, 0.15) is 5.82 Å². The molecule has 1 aromatic rings. The Bertz CT molecular complexity index is 664. The average Bonchev–Trinajstić information content (AvgIpc) is 2.44. The van der Waals surface area contributed by atoms with Crippen molar-refractivity contribution in [1.82, 2.24) is 15.3 Å². The van der Waals surface area contributed by atoms with E-state index in [1.807, 2.05) is 13.8 Å². The maximum Gasteiger partial charge on any atom is 0.254 e. The molecule has 0 unspecified atom stereocenters. The lowest BCUT2D eigenvalue weighted by molar-refractivity contribution is -0.148. The standard InChI is InChI=1S/C18H29N3O3/c1-10(2)24-15-9-14(18(15,5)6)21-16(22)8-7-13-11(3)19-12(4)20-17(13)23/h10,14-15H,7-9H2,1-6H3,(H,21,22)(H,19,20,23)/t14-,15-/m1/s1. The number of aryl methyl sites for hydroxylation is 2. The van der Waals surface area contributed by atoms with E-state index in [9.17, 15) is 9.59 Å². The number of aromatic nitrogens is 2. The summed E-state index contributed by atoms with van der Waals surface area (Å²) in [7, 11) is 0. The Hall–Kier alpha value is -1.69. The van der Waals surface area contributed by atoms with Crippen LogP contribution in [0.5, 0.6) is 0 Å². The minimum Gasteiger partial charge on any atom is -0.375 e. The first-order chi connectivity index (χ1) is 11.1. The van der Waals surface area contributed by atoms with Gasteiger partial charge in [-0.05, 0) is 40.5 Å². The molecule has 0 spiro atoms. The summed E-state index contributed by atoms with van der Waals surface area (Å²) in [5, 5.41) is 3.08. The zero-order chi connectivity index (χ0) is 18.1. The highest BCUT2D eigenvalue weighted by atomic mass is 16.5. The van der Waals surface area contributed by atoms with E-state index in [0.29, 0.717) is 23.5 Å². The van der Waals surface area contributed by atoms with Crippen molar-refractivity contribution < 1.29 is 9.53 Å². The minimum absolute atomic E-state index is 0.0320. The zero-order valence-corrected chi connectivity index (χ0v) is 15.5. The monoisotopic (exact) mass is 335 g/mol. The third-order valence-electron chi connectivity index (χ3n) is 4.89. The molecule has 6 heteroatoms. The second-order valence-corrected chi connectivity index (χ2v) is 7.57. The van der Waals surface area contributed by atoms with Crippen LogP contribution in [0.3, 0.4) is 0 Å². The molecule has 1 aliphatic rings. The number of carbonyl (C=O) groups is 1. The van der Waals surface area contributed by atoms with Gasteiger partial charge in [0.05, 0.1) is 12.2 Å². The second kappa shape index (κ2) is 7.05. The van der Waals surface area contributed by atoms with E-state index >= 15 is 0 Å². The van der Waals surface area contributed by atoms with E-state index in [1.54, 1.807) is 13.8 Å². The maximum atomic E-state index is 12.2. The quantitative estimate of drug-likeness (QED) is 0.833. The zero-order valence-electron chi connectivity index (χ0n) is 15.5. The van der Waals surface area contributed by atoms with Gasteiger partial charge in [0, 0.05) is 29.1 Å². The first kappa shape index (κ1) is 18.6. The summed E-state index contributed by atoms with van der Waals surface area (Å²) in [6, 6.07) is 0.115. The highest BCUT2D eigenvalue weighted by molar-refractivity contribution is 5.76. The number of rotatable bonds is 6. The molecule has 0 saturated heterocycles. The highest BCUT2D eigenvalue weighted by Gasteiger charge is 2.49. The average molecular weight is 335 g/mol. The minimum atomic E-state index is -0.151. The van der Waals surface area contributed by atoms with Gasteiger partial charge < -0.3 is 15.0 Å². The summed E-state index contributed by atoms with van der Waals surface area (Å²) in [5.74, 6) is 0.563. The fourth-order valence-corrected chi connectivity index (χ4v) is 3.24. The fourth-order valence-electron chi connectivity index (χ4n) is 3.24. The summed E-state index contributed by atoms with van der Waals surface area (Å²) in [5.41, 5.74) is 1.06. The van der Waals surface area contributed by atoms with E-state index in [-0.39, 0.29) is 41.6 Å². The molecule has 1 saturated carbocycles. The van der Waals surface area contributed by atoms with Crippen LogP contribution >= 0.6 is 0 Å².